The van der Waals surface area contributed by atoms with Crippen molar-refractivity contribution in [3.8, 4) is 22.3 Å². The minimum atomic E-state index is -0.984. The maximum Gasteiger partial charge on any atom is 0.407 e. The van der Waals surface area contributed by atoms with Gasteiger partial charge in [0.25, 0.3) is 0 Å². The number of carbonyl (C=O) groups is 6. The number of amides is 4. The highest BCUT2D eigenvalue weighted by Crippen LogP contribution is 2.45. The van der Waals surface area contributed by atoms with Gasteiger partial charge in [-0.1, -0.05) is 119 Å². The zero-order valence-corrected chi connectivity index (χ0v) is 42.3. The predicted octanol–water partition coefficient (Wildman–Crippen LogP) is 6.60. The Bertz CT molecular complexity index is 2150. The maximum absolute atomic E-state index is 13.0. The third-order valence-electron chi connectivity index (χ3n) is 11.9. The summed E-state index contributed by atoms with van der Waals surface area (Å²) in [5.74, 6) is -2.15. The van der Waals surface area contributed by atoms with E-state index in [1.165, 1.54) is 35.8 Å². The summed E-state index contributed by atoms with van der Waals surface area (Å²) in [7, 11) is 4.92. The lowest BCUT2D eigenvalue weighted by Gasteiger charge is -2.20. The average molecular weight is 1040 g/mol. The van der Waals surface area contributed by atoms with E-state index in [1.807, 2.05) is 48.5 Å². The number of benzene rings is 4. The number of hydrogen-bond acceptors (Lipinski definition) is 14. The smallest absolute Gasteiger partial charge is 0.407 e. The molecule has 0 saturated heterocycles. The number of nitrogens with one attached hydrogen (secondary N) is 4. The largest absolute Gasteiger partial charge is 0.467 e. The van der Waals surface area contributed by atoms with Crippen molar-refractivity contribution < 1.29 is 47.7 Å². The van der Waals surface area contributed by atoms with Crippen LogP contribution in [0.3, 0.4) is 0 Å². The lowest BCUT2D eigenvalue weighted by atomic mass is 9.98. The van der Waals surface area contributed by atoms with Crippen molar-refractivity contribution in [2.24, 2.45) is 11.5 Å². The van der Waals surface area contributed by atoms with Crippen molar-refractivity contribution in [1.29, 1.82) is 0 Å². The molecule has 4 atom stereocenters. The zero-order chi connectivity index (χ0) is 48.4. The van der Waals surface area contributed by atoms with E-state index in [9.17, 15) is 28.8 Å². The molecule has 0 spiro atoms. The fraction of sp³-hybridized carbons (Fsp3) is 0.400. The standard InChI is InChI=1S/C50H60N6O10S2.2ClH/c1-63-47(59)43(23-11-13-25-53-49(61)65-27-39-35-19-7-3-15-31(35)32-16-4-8-20-36(32)39)55-45(57)41(51)29-67-68-30-42(52)46(58)56-44(48(60)64-2)24-12-14-26-54-50(62)66-28-40-37-21-9-5-17-33(37)34-18-6-10-22-38(34)40;;/h3-10,15-22,39-44H,11-14,23-30,51-52H2,1-2H3,(H,53,61)(H,54,62)(H,55,57)(H,56,58);2*1H/t41-,42-,43-,44-;;/m0../s1. The number of fused-ring (bicyclic) bond motifs is 6. The molecule has 0 fully saturated rings. The molecule has 0 unspecified atom stereocenters. The van der Waals surface area contributed by atoms with Gasteiger partial charge in [-0.05, 0) is 83.0 Å². The number of hydrogen-bond donors (Lipinski definition) is 6. The fourth-order valence-corrected chi connectivity index (χ4v) is 10.6. The van der Waals surface area contributed by atoms with E-state index in [1.54, 1.807) is 0 Å². The van der Waals surface area contributed by atoms with Crippen molar-refractivity contribution in [2.75, 3.05) is 52.0 Å². The van der Waals surface area contributed by atoms with Crippen LogP contribution in [0.2, 0.25) is 0 Å². The van der Waals surface area contributed by atoms with Crippen molar-refractivity contribution in [3.63, 3.8) is 0 Å². The van der Waals surface area contributed by atoms with Crippen LogP contribution in [-0.4, -0.2) is 112 Å². The Morgan fingerprint density at radius 3 is 1.14 bits per heavy atom. The van der Waals surface area contributed by atoms with Crippen molar-refractivity contribution >= 4 is 82.3 Å². The Kier molecular flexibility index (Phi) is 23.6. The summed E-state index contributed by atoms with van der Waals surface area (Å²) >= 11 is 0. The molecule has 8 N–H and O–H groups in total. The second-order valence-corrected chi connectivity index (χ2v) is 19.0. The van der Waals surface area contributed by atoms with Gasteiger partial charge in [-0.25, -0.2) is 19.2 Å². The highest BCUT2D eigenvalue weighted by molar-refractivity contribution is 8.76. The lowest BCUT2D eigenvalue weighted by Crippen LogP contribution is -2.50. The van der Waals surface area contributed by atoms with Gasteiger partial charge in [0.15, 0.2) is 0 Å². The summed E-state index contributed by atoms with van der Waals surface area (Å²) in [4.78, 5) is 76.1. The molecular weight excluding hydrogens is 980 g/mol. The van der Waals surface area contributed by atoms with Crippen LogP contribution in [0.5, 0.6) is 0 Å². The van der Waals surface area contributed by atoms with Crippen LogP contribution in [0, 0.1) is 0 Å². The number of halogens is 2. The van der Waals surface area contributed by atoms with Crippen molar-refractivity contribution in [1.82, 2.24) is 21.3 Å². The van der Waals surface area contributed by atoms with Crippen LogP contribution in [0.1, 0.15) is 72.6 Å². The molecule has 2 aliphatic carbocycles. The first-order chi connectivity index (χ1) is 33.0. The minimum absolute atomic E-state index is 0. The molecule has 4 aromatic carbocycles. The number of esters is 2. The minimum Gasteiger partial charge on any atom is -0.467 e. The van der Waals surface area contributed by atoms with Gasteiger partial charge in [0.1, 0.15) is 25.3 Å². The van der Waals surface area contributed by atoms with Gasteiger partial charge >= 0.3 is 24.1 Å². The van der Waals surface area contributed by atoms with Crippen LogP contribution in [0.15, 0.2) is 97.1 Å². The van der Waals surface area contributed by atoms with E-state index in [4.69, 9.17) is 30.4 Å². The third-order valence-corrected chi connectivity index (χ3v) is 14.4. The Labute approximate surface area is 428 Å². The second kappa shape index (κ2) is 29.0. The number of rotatable bonds is 25. The molecule has 4 aromatic rings. The van der Waals surface area contributed by atoms with Crippen LogP contribution in [0.25, 0.3) is 22.3 Å². The molecular formula is C50H62Cl2N6O10S2. The van der Waals surface area contributed by atoms with Gasteiger partial charge in [0.05, 0.1) is 26.3 Å². The Balaban J connectivity index is 0.00000533. The molecule has 0 heterocycles. The van der Waals surface area contributed by atoms with Gasteiger partial charge < -0.3 is 51.7 Å². The lowest BCUT2D eigenvalue weighted by molar-refractivity contribution is -0.145. The third kappa shape index (κ3) is 15.5. The van der Waals surface area contributed by atoms with Crippen LogP contribution in [0.4, 0.5) is 9.59 Å². The molecule has 0 saturated carbocycles. The number of carbonyl (C=O) groups excluding carboxylic acids is 6. The highest BCUT2D eigenvalue weighted by Gasteiger charge is 2.31. The van der Waals surface area contributed by atoms with Gasteiger partial charge in [0.2, 0.25) is 11.8 Å². The number of alkyl carbamates (subject to hydrolysis) is 2. The van der Waals surface area contributed by atoms with Crippen LogP contribution in [-0.2, 0) is 38.1 Å². The fourth-order valence-electron chi connectivity index (χ4n) is 8.36. The Hall–Kier alpha value is -5.50. The molecule has 0 radical (unpaired) electrons. The van der Waals surface area contributed by atoms with E-state index in [-0.39, 0.29) is 74.2 Å². The van der Waals surface area contributed by atoms with Crippen LogP contribution >= 0.6 is 46.4 Å². The first kappa shape index (κ1) is 57.1. The van der Waals surface area contributed by atoms with Crippen molar-refractivity contribution in [2.45, 2.75) is 74.5 Å². The summed E-state index contributed by atoms with van der Waals surface area (Å²) in [6.45, 7) is 1.01. The SMILES string of the molecule is COC(=O)[C@H](CCCCNC(=O)OCC1c2ccccc2-c2ccccc21)NC(=O)[C@@H](N)CSSC[C@H](N)C(=O)N[C@@H](CCCCNC(=O)OCC1c2ccccc2-c2ccccc21)C(=O)OC.Cl.Cl. The Morgan fingerprint density at radius 1 is 0.514 bits per heavy atom. The van der Waals surface area contributed by atoms with E-state index in [2.05, 4.69) is 69.8 Å². The van der Waals surface area contributed by atoms with Gasteiger partial charge in [-0.3, -0.25) is 9.59 Å². The van der Waals surface area contributed by atoms with E-state index < -0.39 is 60.1 Å². The molecule has 4 amide bonds. The van der Waals surface area contributed by atoms with Gasteiger partial charge in [-0.2, -0.15) is 0 Å². The molecule has 70 heavy (non-hydrogen) atoms. The van der Waals surface area contributed by atoms with Gasteiger partial charge in [0, 0.05) is 36.4 Å². The average Bonchev–Trinajstić information content (AvgIpc) is 3.86. The molecule has 378 valence electrons. The van der Waals surface area contributed by atoms with E-state index >= 15 is 0 Å². The monoisotopic (exact) mass is 1040 g/mol. The van der Waals surface area contributed by atoms with Gasteiger partial charge in [-0.15, -0.1) is 24.8 Å². The Morgan fingerprint density at radius 2 is 0.829 bits per heavy atom. The molecule has 2 aliphatic rings. The molecule has 0 bridgehead atoms. The molecule has 20 heteroatoms. The molecule has 0 aromatic heterocycles. The maximum atomic E-state index is 13.0. The predicted molar refractivity (Wildman–Crippen MR) is 277 cm³/mol. The van der Waals surface area contributed by atoms with Crippen LogP contribution < -0.4 is 32.7 Å². The first-order valence-corrected chi connectivity index (χ1v) is 25.2. The number of methoxy groups -OCH3 is 2. The van der Waals surface area contributed by atoms with E-state index in [0.717, 1.165) is 44.5 Å². The topological polar surface area (TPSA) is 239 Å². The number of nitrogens with two attached hydrogens (primary N) is 2. The summed E-state index contributed by atoms with van der Waals surface area (Å²) in [5.41, 5.74) is 21.3. The normalized spacial score (nSPS) is 13.7. The van der Waals surface area contributed by atoms with Crippen molar-refractivity contribution in [3.05, 3.63) is 119 Å². The first-order valence-electron chi connectivity index (χ1n) is 22.7. The summed E-state index contributed by atoms with van der Waals surface area (Å²) in [6, 6.07) is 28.5. The second-order valence-electron chi connectivity index (χ2n) is 16.4. The summed E-state index contributed by atoms with van der Waals surface area (Å²) in [5, 5.41) is 10.8. The number of ether oxygens (including phenoxy) is 4. The quantitative estimate of drug-likeness (QED) is 0.0178. The number of unbranched alkanes of at least 4 members (excludes halogenated alkanes) is 2. The zero-order valence-electron chi connectivity index (χ0n) is 39.1. The molecule has 0 aliphatic heterocycles. The molecule has 6 rings (SSSR count). The summed E-state index contributed by atoms with van der Waals surface area (Å²) < 4.78 is 21.0. The van der Waals surface area contributed by atoms with E-state index in [0.29, 0.717) is 38.8 Å². The molecule has 16 nitrogen and oxygen atoms in total. The summed E-state index contributed by atoms with van der Waals surface area (Å²) in [6.07, 6.45) is 1.45. The highest BCUT2D eigenvalue weighted by atomic mass is 35.5.